The molecule has 0 aliphatic heterocycles. The van der Waals surface area contributed by atoms with Crippen molar-refractivity contribution >= 4 is 28.8 Å². The number of benzene rings is 1. The topological polar surface area (TPSA) is 54.2 Å². The monoisotopic (exact) mass is 362 g/mol. The molecule has 1 aromatic carbocycles. The molecule has 2 aromatic rings. The average molecular weight is 363 g/mol. The molecule has 6 heteroatoms. The van der Waals surface area contributed by atoms with Crippen molar-refractivity contribution in [2.24, 2.45) is 5.92 Å². The van der Waals surface area contributed by atoms with E-state index in [9.17, 15) is 4.39 Å². The van der Waals surface area contributed by atoms with Gasteiger partial charge in [-0.05, 0) is 30.5 Å². The van der Waals surface area contributed by atoms with E-state index in [2.05, 4.69) is 10.3 Å². The minimum Gasteiger partial charge on any atom is -0.395 e. The first-order valence-electron chi connectivity index (χ1n) is 8.62. The summed E-state index contributed by atoms with van der Waals surface area (Å²) < 4.78 is 14.4. The molecule has 4 nitrogen and oxygen atoms in total. The minimum atomic E-state index is -0.333. The number of nitrogen functional groups attached to an aromatic ring is 1. The second-order valence-electron chi connectivity index (χ2n) is 6.81. The fraction of sp³-hybridized carbons (Fsp3) is 0.421. The number of hydrogen-bond acceptors (Lipinski definition) is 4. The lowest BCUT2D eigenvalue weighted by atomic mass is 9.83. The normalized spacial score (nSPS) is 14.2. The summed E-state index contributed by atoms with van der Waals surface area (Å²) >= 11 is 6.39. The lowest BCUT2D eigenvalue weighted by molar-refractivity contribution is 0.303. The summed E-state index contributed by atoms with van der Waals surface area (Å²) in [5.41, 5.74) is 8.48. The van der Waals surface area contributed by atoms with Gasteiger partial charge in [0.2, 0.25) is 0 Å². The van der Waals surface area contributed by atoms with Crippen LogP contribution in [0.5, 0.6) is 0 Å². The zero-order chi connectivity index (χ0) is 18.0. The molecule has 1 aliphatic rings. The quantitative estimate of drug-likeness (QED) is 0.775. The largest absolute Gasteiger partial charge is 0.395 e. The van der Waals surface area contributed by atoms with Gasteiger partial charge in [0.1, 0.15) is 11.6 Å². The van der Waals surface area contributed by atoms with Crippen LogP contribution in [0.3, 0.4) is 0 Å². The van der Waals surface area contributed by atoms with Crippen LogP contribution >= 0.6 is 11.6 Å². The van der Waals surface area contributed by atoms with Gasteiger partial charge in [0.05, 0.1) is 16.4 Å². The van der Waals surface area contributed by atoms with E-state index in [0.29, 0.717) is 33.3 Å². The molecule has 0 bridgehead atoms. The molecule has 3 N–H and O–H groups in total. The first-order valence-corrected chi connectivity index (χ1v) is 9.00. The lowest BCUT2D eigenvalue weighted by Crippen LogP contribution is -2.16. The maximum absolute atomic E-state index is 14.4. The van der Waals surface area contributed by atoms with Gasteiger partial charge in [-0.25, -0.2) is 9.37 Å². The highest BCUT2D eigenvalue weighted by atomic mass is 35.5. The van der Waals surface area contributed by atoms with Crippen molar-refractivity contribution in [3.8, 4) is 11.1 Å². The molecule has 134 valence electrons. The maximum Gasteiger partial charge on any atom is 0.149 e. The highest BCUT2D eigenvalue weighted by molar-refractivity contribution is 6.33. The summed E-state index contributed by atoms with van der Waals surface area (Å²) in [6.07, 6.45) is 6.77. The number of nitrogens with one attached hydrogen (secondary N) is 1. The van der Waals surface area contributed by atoms with Gasteiger partial charge in [0.15, 0.2) is 0 Å². The van der Waals surface area contributed by atoms with Crippen molar-refractivity contribution in [1.29, 1.82) is 0 Å². The number of aromatic nitrogens is 1. The first-order chi connectivity index (χ1) is 12.0. The summed E-state index contributed by atoms with van der Waals surface area (Å²) in [5, 5.41) is 3.77. The number of nitrogens with two attached hydrogens (primary N) is 1. The van der Waals surface area contributed by atoms with Crippen molar-refractivity contribution in [3.05, 3.63) is 35.2 Å². The van der Waals surface area contributed by atoms with Crippen molar-refractivity contribution in [2.75, 3.05) is 36.6 Å². The Morgan fingerprint density at radius 1 is 1.32 bits per heavy atom. The van der Waals surface area contributed by atoms with E-state index in [4.69, 9.17) is 17.3 Å². The third-order valence-corrected chi connectivity index (χ3v) is 5.18. The molecule has 1 aliphatic carbocycles. The molecular formula is C19H24ClFN4. The van der Waals surface area contributed by atoms with Crippen LogP contribution in [0.4, 0.5) is 21.6 Å². The lowest BCUT2D eigenvalue weighted by Gasteiger charge is -2.25. The summed E-state index contributed by atoms with van der Waals surface area (Å²) in [7, 11) is 3.55. The van der Waals surface area contributed by atoms with Crippen LogP contribution in [0, 0.1) is 11.7 Å². The van der Waals surface area contributed by atoms with Gasteiger partial charge >= 0.3 is 0 Å². The van der Waals surface area contributed by atoms with Crippen LogP contribution in [0.25, 0.3) is 11.1 Å². The van der Waals surface area contributed by atoms with Gasteiger partial charge in [0.25, 0.3) is 0 Å². The molecule has 0 amide bonds. The Morgan fingerprint density at radius 3 is 2.72 bits per heavy atom. The highest BCUT2D eigenvalue weighted by Gasteiger charge is 2.18. The van der Waals surface area contributed by atoms with Crippen LogP contribution in [0.15, 0.2) is 24.4 Å². The molecule has 25 heavy (non-hydrogen) atoms. The minimum absolute atomic E-state index is 0.333. The molecule has 0 unspecified atom stereocenters. The number of halogens is 2. The Labute approximate surface area is 153 Å². The van der Waals surface area contributed by atoms with Gasteiger partial charge in [-0.3, -0.25) is 0 Å². The molecule has 0 spiro atoms. The zero-order valence-electron chi connectivity index (χ0n) is 14.6. The molecule has 3 rings (SSSR count). The molecule has 1 aromatic heterocycles. The predicted octanol–water partition coefficient (Wildman–Crippen LogP) is 4.79. The summed E-state index contributed by atoms with van der Waals surface area (Å²) in [5.74, 6) is 1.11. The third kappa shape index (κ3) is 3.82. The van der Waals surface area contributed by atoms with Crippen molar-refractivity contribution in [2.45, 2.75) is 25.7 Å². The van der Waals surface area contributed by atoms with Gasteiger partial charge < -0.3 is 16.0 Å². The molecule has 1 fully saturated rings. The van der Waals surface area contributed by atoms with Crippen LogP contribution in [-0.4, -0.2) is 25.6 Å². The van der Waals surface area contributed by atoms with Crippen LogP contribution < -0.4 is 16.0 Å². The first kappa shape index (κ1) is 17.8. The Balaban J connectivity index is 1.84. The third-order valence-electron chi connectivity index (χ3n) is 4.87. The van der Waals surface area contributed by atoms with Crippen LogP contribution in [0.1, 0.15) is 25.7 Å². The molecule has 1 saturated carbocycles. The smallest absolute Gasteiger partial charge is 0.149 e. The van der Waals surface area contributed by atoms with E-state index >= 15 is 0 Å². The van der Waals surface area contributed by atoms with Gasteiger partial charge in [-0.2, -0.15) is 0 Å². The fourth-order valence-electron chi connectivity index (χ4n) is 3.11. The van der Waals surface area contributed by atoms with Crippen molar-refractivity contribution in [1.82, 2.24) is 4.98 Å². The summed E-state index contributed by atoms with van der Waals surface area (Å²) in [6, 6.07) is 4.82. The standard InChI is InChI=1S/C19H24ClFN4/c1-25(2)17-11-15(20)14(10-16(17)21)13-7-9-24-19(18(13)22)23-8-6-12-4-3-5-12/h7,9-12H,3-6,8,22H2,1-2H3,(H,23,24). The van der Waals surface area contributed by atoms with Gasteiger partial charge in [0, 0.05) is 38.0 Å². The van der Waals surface area contributed by atoms with E-state index in [1.807, 2.05) is 0 Å². The van der Waals surface area contributed by atoms with E-state index in [0.717, 1.165) is 18.9 Å². The molecule has 0 atom stereocenters. The molecule has 1 heterocycles. The fourth-order valence-corrected chi connectivity index (χ4v) is 3.37. The second-order valence-corrected chi connectivity index (χ2v) is 7.22. The van der Waals surface area contributed by atoms with E-state index in [1.54, 1.807) is 37.3 Å². The Morgan fingerprint density at radius 2 is 2.08 bits per heavy atom. The van der Waals surface area contributed by atoms with Crippen LogP contribution in [0.2, 0.25) is 5.02 Å². The van der Waals surface area contributed by atoms with E-state index in [-0.39, 0.29) is 5.82 Å². The Bertz CT molecular complexity index is 759. The maximum atomic E-state index is 14.4. The SMILES string of the molecule is CN(C)c1cc(Cl)c(-c2ccnc(NCCC3CCC3)c2N)cc1F. The van der Waals surface area contributed by atoms with Gasteiger partial charge in [-0.15, -0.1) is 0 Å². The molecule has 0 saturated heterocycles. The number of hydrogen-bond donors (Lipinski definition) is 2. The average Bonchev–Trinajstić information content (AvgIpc) is 2.53. The predicted molar refractivity (Wildman–Crippen MR) is 104 cm³/mol. The second kappa shape index (κ2) is 7.48. The van der Waals surface area contributed by atoms with E-state index < -0.39 is 0 Å². The Hall–Kier alpha value is -2.01. The van der Waals surface area contributed by atoms with Crippen LogP contribution in [-0.2, 0) is 0 Å². The molecule has 0 radical (unpaired) electrons. The number of rotatable bonds is 6. The number of anilines is 3. The molecular weight excluding hydrogens is 339 g/mol. The Kier molecular flexibility index (Phi) is 5.33. The zero-order valence-corrected chi connectivity index (χ0v) is 15.4. The highest BCUT2D eigenvalue weighted by Crippen LogP contribution is 2.38. The summed E-state index contributed by atoms with van der Waals surface area (Å²) in [6.45, 7) is 0.840. The van der Waals surface area contributed by atoms with Gasteiger partial charge in [-0.1, -0.05) is 30.9 Å². The number of pyridine rings is 1. The van der Waals surface area contributed by atoms with Crippen molar-refractivity contribution in [3.63, 3.8) is 0 Å². The summed E-state index contributed by atoms with van der Waals surface area (Å²) in [4.78, 5) is 6.01. The van der Waals surface area contributed by atoms with E-state index in [1.165, 1.54) is 25.3 Å². The van der Waals surface area contributed by atoms with Crippen molar-refractivity contribution < 1.29 is 4.39 Å². The number of nitrogens with zero attached hydrogens (tertiary/aromatic N) is 2.